The molecule has 44 heavy (non-hydrogen) atoms. The first-order valence-electron chi connectivity index (χ1n) is 15.0. The molecule has 0 N–H and O–H groups in total. The fraction of sp³-hybridized carbons (Fsp3) is 0.297. The van der Waals surface area contributed by atoms with Gasteiger partial charge in [0.2, 0.25) is 11.9 Å². The second kappa shape index (κ2) is 10.5. The van der Waals surface area contributed by atoms with Crippen molar-refractivity contribution in [3.05, 3.63) is 108 Å². The van der Waals surface area contributed by atoms with Crippen LogP contribution in [0.1, 0.15) is 52.7 Å². The van der Waals surface area contributed by atoms with E-state index in [-0.39, 0.29) is 27.6 Å². The number of pyridine rings is 1. The Balaban J connectivity index is 1.42. The fourth-order valence-electron chi connectivity index (χ4n) is 6.28. The summed E-state index contributed by atoms with van der Waals surface area (Å²) in [7, 11) is 3.77. The van der Waals surface area contributed by atoms with Gasteiger partial charge in [-0.25, -0.2) is 4.39 Å². The molecule has 0 atom stereocenters. The van der Waals surface area contributed by atoms with Crippen molar-refractivity contribution < 1.29 is 4.39 Å². The fourth-order valence-corrected chi connectivity index (χ4v) is 6.28. The molecule has 6 rings (SSSR count). The lowest BCUT2D eigenvalue weighted by Crippen LogP contribution is -2.42. The van der Waals surface area contributed by atoms with E-state index in [0.29, 0.717) is 17.6 Å². The third-order valence-corrected chi connectivity index (χ3v) is 10.4. The maximum Gasteiger partial charge on any atom is 0.235 e. The number of nitrogens with zero attached hydrogens (tertiary/aromatic N) is 6. The van der Waals surface area contributed by atoms with Crippen LogP contribution < -0.4 is 9.80 Å². The Bertz CT molecular complexity index is 1770. The monoisotopic (exact) mass is 586 g/mol. The van der Waals surface area contributed by atoms with Crippen LogP contribution in [-0.4, -0.2) is 34.0 Å². The summed E-state index contributed by atoms with van der Waals surface area (Å²) < 4.78 is 16.0. The molecule has 1 aliphatic rings. The van der Waals surface area contributed by atoms with Crippen molar-refractivity contribution >= 4 is 23.3 Å². The minimum atomic E-state index is -0.441. The van der Waals surface area contributed by atoms with Crippen molar-refractivity contribution in [2.24, 2.45) is 5.41 Å². The summed E-state index contributed by atoms with van der Waals surface area (Å²) in [6, 6.07) is 27.5. The zero-order chi connectivity index (χ0) is 31.4. The van der Waals surface area contributed by atoms with Crippen molar-refractivity contribution in [3.63, 3.8) is 0 Å². The van der Waals surface area contributed by atoms with Gasteiger partial charge in [-0.3, -0.25) is 4.98 Å². The molecule has 7 heteroatoms. The van der Waals surface area contributed by atoms with Crippen LogP contribution >= 0.6 is 0 Å². The molecule has 0 radical (unpaired) electrons. The number of rotatable bonds is 6. The summed E-state index contributed by atoms with van der Waals surface area (Å²) in [6.45, 7) is 13.9. The van der Waals surface area contributed by atoms with Crippen LogP contribution in [0.15, 0.2) is 91.1 Å². The maximum absolute atomic E-state index is 16.0. The van der Waals surface area contributed by atoms with E-state index in [1.807, 2.05) is 84.6 Å². The van der Waals surface area contributed by atoms with Crippen molar-refractivity contribution in [1.82, 2.24) is 19.9 Å². The lowest BCUT2D eigenvalue weighted by atomic mass is 9.59. The zero-order valence-corrected chi connectivity index (χ0v) is 26.7. The predicted molar refractivity (Wildman–Crippen MR) is 177 cm³/mol. The van der Waals surface area contributed by atoms with Crippen LogP contribution in [0.5, 0.6) is 0 Å². The predicted octanol–water partition coefficient (Wildman–Crippen LogP) is 8.87. The average Bonchev–Trinajstić information content (AvgIpc) is 3.14. The Morgan fingerprint density at radius 2 is 1.14 bits per heavy atom. The molecular weight excluding hydrogens is 547 g/mol. The summed E-state index contributed by atoms with van der Waals surface area (Å²) in [5.74, 6) is 0.566. The van der Waals surface area contributed by atoms with E-state index in [2.05, 4.69) is 59.7 Å². The number of benzene rings is 3. The Kier molecular flexibility index (Phi) is 7.03. The number of aromatic nitrogens is 4. The van der Waals surface area contributed by atoms with Crippen LogP contribution in [-0.2, 0) is 10.8 Å². The molecule has 224 valence electrons. The lowest BCUT2D eigenvalue weighted by molar-refractivity contribution is 0.125. The maximum atomic E-state index is 16.0. The minimum absolute atomic E-state index is 0.000812. The largest absolute Gasteiger partial charge is 0.313 e. The van der Waals surface area contributed by atoms with E-state index in [9.17, 15) is 0 Å². The Morgan fingerprint density at radius 1 is 0.614 bits per heavy atom. The van der Waals surface area contributed by atoms with Gasteiger partial charge < -0.3 is 9.80 Å². The first-order valence-corrected chi connectivity index (χ1v) is 15.0. The van der Waals surface area contributed by atoms with Crippen molar-refractivity contribution in [1.29, 1.82) is 0 Å². The van der Waals surface area contributed by atoms with Gasteiger partial charge in [-0.1, -0.05) is 90.1 Å². The average molecular weight is 587 g/mol. The molecule has 0 spiro atoms. The normalized spacial score (nSPS) is 15.9. The van der Waals surface area contributed by atoms with Crippen LogP contribution in [0, 0.1) is 11.2 Å². The van der Waals surface area contributed by atoms with Crippen molar-refractivity contribution in [3.8, 4) is 22.6 Å². The number of fused-ring (bicyclic) bond motifs is 1. The molecule has 6 nitrogen and oxygen atoms in total. The van der Waals surface area contributed by atoms with E-state index in [0.717, 1.165) is 16.9 Å². The van der Waals surface area contributed by atoms with Gasteiger partial charge in [0, 0.05) is 43.3 Å². The number of para-hydroxylation sites is 2. The smallest absolute Gasteiger partial charge is 0.235 e. The molecule has 2 aromatic heterocycles. The second-order valence-corrected chi connectivity index (χ2v) is 13.2. The molecule has 5 aromatic rings. The van der Waals surface area contributed by atoms with E-state index in [1.165, 1.54) is 23.4 Å². The summed E-state index contributed by atoms with van der Waals surface area (Å²) in [5.41, 5.74) is 6.08. The number of halogens is 1. The van der Waals surface area contributed by atoms with E-state index in [4.69, 9.17) is 19.9 Å². The number of anilines is 4. The van der Waals surface area contributed by atoms with Crippen LogP contribution in [0.4, 0.5) is 27.7 Å². The van der Waals surface area contributed by atoms with E-state index in [1.54, 1.807) is 0 Å². The van der Waals surface area contributed by atoms with Gasteiger partial charge >= 0.3 is 0 Å². The highest BCUT2D eigenvalue weighted by atomic mass is 19.1. The molecule has 0 bridgehead atoms. The summed E-state index contributed by atoms with van der Waals surface area (Å²) >= 11 is 0. The third-order valence-electron chi connectivity index (χ3n) is 10.4. The van der Waals surface area contributed by atoms with Gasteiger partial charge in [-0.05, 0) is 57.7 Å². The van der Waals surface area contributed by atoms with Crippen LogP contribution in [0.2, 0.25) is 0 Å². The third kappa shape index (κ3) is 4.62. The Labute approximate surface area is 259 Å². The van der Waals surface area contributed by atoms with Crippen molar-refractivity contribution in [2.75, 3.05) is 23.9 Å². The highest BCUT2D eigenvalue weighted by molar-refractivity contribution is 5.69. The quantitative estimate of drug-likeness (QED) is 0.198. The summed E-state index contributed by atoms with van der Waals surface area (Å²) in [5, 5.41) is 0. The molecular formula is C37H39FN6. The summed E-state index contributed by atoms with van der Waals surface area (Å²) in [4.78, 5) is 22.6. The molecule has 0 amide bonds. The van der Waals surface area contributed by atoms with Crippen LogP contribution in [0.25, 0.3) is 22.6 Å². The van der Waals surface area contributed by atoms with Gasteiger partial charge in [0.05, 0.1) is 11.3 Å². The Hall–Kier alpha value is -4.65. The van der Waals surface area contributed by atoms with Gasteiger partial charge in [-0.15, -0.1) is 0 Å². The summed E-state index contributed by atoms with van der Waals surface area (Å²) in [6.07, 6.45) is 1.53. The lowest BCUT2D eigenvalue weighted by Gasteiger charge is -2.44. The SMILES string of the molecule is CN(c1ccccc1)c1nc(-c2cnc(-c3ccc4c(c3)C(C)(C)C(C)(C)C4(C)C)cc2F)nc(N(C)c2ccccc2)n1. The van der Waals surface area contributed by atoms with Gasteiger partial charge in [0.15, 0.2) is 5.82 Å². The second-order valence-electron chi connectivity index (χ2n) is 13.2. The first-order chi connectivity index (χ1) is 20.8. The van der Waals surface area contributed by atoms with Gasteiger partial charge in [-0.2, -0.15) is 15.0 Å². The molecule has 0 unspecified atom stereocenters. The molecule has 2 heterocycles. The van der Waals surface area contributed by atoms with Gasteiger partial charge in [0.1, 0.15) is 5.82 Å². The number of hydrogen-bond donors (Lipinski definition) is 0. The molecule has 1 aliphatic carbocycles. The molecule has 0 saturated heterocycles. The first kappa shape index (κ1) is 29.4. The Morgan fingerprint density at radius 3 is 1.66 bits per heavy atom. The van der Waals surface area contributed by atoms with E-state index < -0.39 is 5.82 Å². The zero-order valence-electron chi connectivity index (χ0n) is 26.7. The highest BCUT2D eigenvalue weighted by Gasteiger charge is 2.56. The topological polar surface area (TPSA) is 58.0 Å². The molecule has 0 saturated carbocycles. The van der Waals surface area contributed by atoms with Crippen molar-refractivity contribution in [2.45, 2.75) is 52.4 Å². The van der Waals surface area contributed by atoms with E-state index >= 15 is 4.39 Å². The highest BCUT2D eigenvalue weighted by Crippen LogP contribution is 2.61. The number of hydrogen-bond acceptors (Lipinski definition) is 6. The molecule has 3 aromatic carbocycles. The molecule has 0 fully saturated rings. The standard InChI is InChI=1S/C37H39FN6/c1-35(2)28-20-19-24(21-29(28)36(3,4)37(35,5)6)31-22-30(38)27(23-39-31)32-40-33(43(7)25-15-11-9-12-16-25)42-34(41-32)44(8)26-17-13-10-14-18-26/h9-23H,1-8H3. The van der Waals surface area contributed by atoms with Crippen LogP contribution in [0.3, 0.4) is 0 Å². The molecule has 0 aliphatic heterocycles. The van der Waals surface area contributed by atoms with Gasteiger partial charge in [0.25, 0.3) is 0 Å². The minimum Gasteiger partial charge on any atom is -0.313 e.